The second-order valence-electron chi connectivity index (χ2n) is 2.93. The molecule has 0 aromatic carbocycles. The maximum atomic E-state index is 8.42. The van der Waals surface area contributed by atoms with Crippen molar-refractivity contribution in [1.82, 2.24) is 5.32 Å². The third kappa shape index (κ3) is 5.58. The first kappa shape index (κ1) is 9.45. The van der Waals surface area contributed by atoms with Gasteiger partial charge in [0.15, 0.2) is 0 Å². The highest BCUT2D eigenvalue weighted by Crippen LogP contribution is 1.96. The van der Waals surface area contributed by atoms with Crippen molar-refractivity contribution in [3.8, 4) is 6.07 Å². The highest BCUT2D eigenvalue weighted by molar-refractivity contribution is 4.78. The van der Waals surface area contributed by atoms with E-state index < -0.39 is 0 Å². The first-order valence-corrected chi connectivity index (χ1v) is 3.79. The Kier molecular flexibility index (Phi) is 4.96. The Balaban J connectivity index is 3.13. The lowest BCUT2D eigenvalue weighted by molar-refractivity contribution is 0.533. The Morgan fingerprint density at radius 3 is 2.40 bits per heavy atom. The van der Waals surface area contributed by atoms with Gasteiger partial charge in [-0.3, -0.25) is 0 Å². The van der Waals surface area contributed by atoms with Crippen LogP contribution < -0.4 is 5.32 Å². The van der Waals surface area contributed by atoms with E-state index in [9.17, 15) is 0 Å². The summed E-state index contributed by atoms with van der Waals surface area (Å²) in [4.78, 5) is 0. The second-order valence-corrected chi connectivity index (χ2v) is 2.93. The molecule has 2 nitrogen and oxygen atoms in total. The quantitative estimate of drug-likeness (QED) is 0.643. The van der Waals surface area contributed by atoms with Gasteiger partial charge in [-0.25, -0.2) is 0 Å². The molecule has 0 rings (SSSR count). The van der Waals surface area contributed by atoms with Crippen molar-refractivity contribution < 1.29 is 0 Å². The van der Waals surface area contributed by atoms with Crippen molar-refractivity contribution in [3.05, 3.63) is 0 Å². The summed E-state index contributed by atoms with van der Waals surface area (Å²) in [5.74, 6) is 0.186. The third-order valence-corrected chi connectivity index (χ3v) is 1.35. The number of nitrogens with zero attached hydrogens (tertiary/aromatic N) is 1. The van der Waals surface area contributed by atoms with Crippen molar-refractivity contribution in [2.75, 3.05) is 6.54 Å². The minimum absolute atomic E-state index is 0.186. The predicted molar refractivity (Wildman–Crippen MR) is 42.5 cm³/mol. The van der Waals surface area contributed by atoms with E-state index >= 15 is 0 Å². The largest absolute Gasteiger partial charge is 0.314 e. The van der Waals surface area contributed by atoms with E-state index in [4.69, 9.17) is 5.26 Å². The summed E-state index contributed by atoms with van der Waals surface area (Å²) in [7, 11) is 0. The van der Waals surface area contributed by atoms with Crippen LogP contribution in [0.4, 0.5) is 0 Å². The molecule has 0 fully saturated rings. The SMILES string of the molecule is CC(C)NCC[C@@H](C)C#N. The van der Waals surface area contributed by atoms with Gasteiger partial charge in [-0.2, -0.15) is 5.26 Å². The van der Waals surface area contributed by atoms with E-state index in [1.54, 1.807) is 0 Å². The fourth-order valence-electron chi connectivity index (χ4n) is 0.653. The number of hydrogen-bond acceptors (Lipinski definition) is 2. The molecule has 1 N–H and O–H groups in total. The molecule has 0 unspecified atom stereocenters. The fraction of sp³-hybridized carbons (Fsp3) is 0.875. The molecule has 0 aromatic rings. The number of nitriles is 1. The lowest BCUT2D eigenvalue weighted by atomic mass is 10.1. The first-order valence-electron chi connectivity index (χ1n) is 3.79. The van der Waals surface area contributed by atoms with E-state index in [1.807, 2.05) is 6.92 Å². The van der Waals surface area contributed by atoms with Gasteiger partial charge in [-0.15, -0.1) is 0 Å². The summed E-state index contributed by atoms with van der Waals surface area (Å²) in [6.07, 6.45) is 0.953. The molecular weight excluding hydrogens is 124 g/mol. The molecule has 2 heteroatoms. The summed E-state index contributed by atoms with van der Waals surface area (Å²) in [5, 5.41) is 11.7. The van der Waals surface area contributed by atoms with Gasteiger partial charge in [0, 0.05) is 12.0 Å². The van der Waals surface area contributed by atoms with Crippen LogP contribution in [0, 0.1) is 17.2 Å². The van der Waals surface area contributed by atoms with Crippen LogP contribution in [0.3, 0.4) is 0 Å². The van der Waals surface area contributed by atoms with Crippen LogP contribution in [0.2, 0.25) is 0 Å². The molecule has 0 amide bonds. The van der Waals surface area contributed by atoms with Gasteiger partial charge in [0.05, 0.1) is 6.07 Å². The lowest BCUT2D eigenvalue weighted by Gasteiger charge is -2.07. The Bertz CT molecular complexity index is 113. The van der Waals surface area contributed by atoms with Gasteiger partial charge in [0.1, 0.15) is 0 Å². The van der Waals surface area contributed by atoms with Gasteiger partial charge in [-0.1, -0.05) is 13.8 Å². The first-order chi connectivity index (χ1) is 4.66. The van der Waals surface area contributed by atoms with Gasteiger partial charge in [-0.05, 0) is 19.9 Å². The Hall–Kier alpha value is -0.550. The van der Waals surface area contributed by atoms with Gasteiger partial charge < -0.3 is 5.32 Å². The van der Waals surface area contributed by atoms with Crippen LogP contribution in [0.15, 0.2) is 0 Å². The summed E-state index contributed by atoms with van der Waals surface area (Å²) < 4.78 is 0. The zero-order valence-electron chi connectivity index (χ0n) is 7.02. The van der Waals surface area contributed by atoms with Crippen molar-refractivity contribution in [1.29, 1.82) is 5.26 Å². The zero-order chi connectivity index (χ0) is 7.98. The van der Waals surface area contributed by atoms with Crippen molar-refractivity contribution in [2.45, 2.75) is 33.2 Å². The molecular formula is C8H16N2. The molecule has 0 aliphatic carbocycles. The van der Waals surface area contributed by atoms with Crippen LogP contribution in [0.25, 0.3) is 0 Å². The molecule has 0 spiro atoms. The maximum Gasteiger partial charge on any atom is 0.0653 e. The van der Waals surface area contributed by atoms with E-state index in [1.165, 1.54) is 0 Å². The van der Waals surface area contributed by atoms with Crippen molar-refractivity contribution >= 4 is 0 Å². The fourth-order valence-corrected chi connectivity index (χ4v) is 0.653. The lowest BCUT2D eigenvalue weighted by Crippen LogP contribution is -2.24. The molecule has 1 atom stereocenters. The minimum Gasteiger partial charge on any atom is -0.314 e. The van der Waals surface area contributed by atoms with Crippen LogP contribution in [0.1, 0.15) is 27.2 Å². The Morgan fingerprint density at radius 2 is 2.00 bits per heavy atom. The van der Waals surface area contributed by atoms with Gasteiger partial charge in [0.2, 0.25) is 0 Å². The molecule has 0 heterocycles. The van der Waals surface area contributed by atoms with Crippen molar-refractivity contribution in [2.24, 2.45) is 5.92 Å². The predicted octanol–water partition coefficient (Wildman–Crippen LogP) is 1.53. The van der Waals surface area contributed by atoms with E-state index in [2.05, 4.69) is 25.2 Å². The third-order valence-electron chi connectivity index (χ3n) is 1.35. The smallest absolute Gasteiger partial charge is 0.0653 e. The number of nitrogens with one attached hydrogen (secondary N) is 1. The molecule has 0 aliphatic heterocycles. The summed E-state index contributed by atoms with van der Waals surface area (Å²) in [5.41, 5.74) is 0. The van der Waals surface area contributed by atoms with Crippen LogP contribution in [-0.4, -0.2) is 12.6 Å². The molecule has 0 aromatic heterocycles. The molecule has 0 saturated carbocycles. The van der Waals surface area contributed by atoms with Crippen LogP contribution in [0.5, 0.6) is 0 Å². The topological polar surface area (TPSA) is 35.8 Å². The normalized spacial score (nSPS) is 13.1. The van der Waals surface area contributed by atoms with Gasteiger partial charge in [0.25, 0.3) is 0 Å². The van der Waals surface area contributed by atoms with Gasteiger partial charge >= 0.3 is 0 Å². The van der Waals surface area contributed by atoms with Crippen LogP contribution in [-0.2, 0) is 0 Å². The summed E-state index contributed by atoms with van der Waals surface area (Å²) >= 11 is 0. The Labute approximate surface area is 63.2 Å². The highest BCUT2D eigenvalue weighted by Gasteiger charge is 1.98. The summed E-state index contributed by atoms with van der Waals surface area (Å²) in [6, 6.07) is 2.73. The molecule has 0 aliphatic rings. The molecule has 0 radical (unpaired) electrons. The minimum atomic E-state index is 0.186. The summed E-state index contributed by atoms with van der Waals surface area (Å²) in [6.45, 7) is 7.11. The van der Waals surface area contributed by atoms with E-state index in [-0.39, 0.29) is 5.92 Å². The zero-order valence-corrected chi connectivity index (χ0v) is 7.02. The van der Waals surface area contributed by atoms with E-state index in [0.29, 0.717) is 6.04 Å². The Morgan fingerprint density at radius 1 is 1.40 bits per heavy atom. The van der Waals surface area contributed by atoms with E-state index in [0.717, 1.165) is 13.0 Å². The molecule has 10 heavy (non-hydrogen) atoms. The average molecular weight is 140 g/mol. The molecule has 0 saturated heterocycles. The second kappa shape index (κ2) is 5.25. The maximum absolute atomic E-state index is 8.42. The average Bonchev–Trinajstić information content (AvgIpc) is 1.87. The highest BCUT2D eigenvalue weighted by atomic mass is 14.9. The molecule has 0 bridgehead atoms. The monoisotopic (exact) mass is 140 g/mol. The number of hydrogen-bond donors (Lipinski definition) is 1. The standard InChI is InChI=1S/C8H16N2/c1-7(2)10-5-4-8(3)6-9/h7-8,10H,4-5H2,1-3H3/t8-/m1/s1. The van der Waals surface area contributed by atoms with Crippen LogP contribution >= 0.6 is 0 Å². The number of rotatable bonds is 4. The molecule has 58 valence electrons. The van der Waals surface area contributed by atoms with Crippen molar-refractivity contribution in [3.63, 3.8) is 0 Å².